The number of carbonyl (C=O) groups is 1. The van der Waals surface area contributed by atoms with Crippen LogP contribution in [-0.4, -0.2) is 59.4 Å². The predicted molar refractivity (Wildman–Crippen MR) is 108 cm³/mol. The molecular formula is C20H19N5O4. The lowest BCUT2D eigenvalue weighted by Gasteiger charge is -2.27. The van der Waals surface area contributed by atoms with E-state index in [0.29, 0.717) is 41.7 Å². The van der Waals surface area contributed by atoms with Gasteiger partial charge in [0.1, 0.15) is 23.1 Å². The van der Waals surface area contributed by atoms with Crippen LogP contribution in [-0.2, 0) is 4.79 Å². The average molecular weight is 393 g/mol. The number of ether oxygens (including phenoxy) is 2. The first-order valence-electron chi connectivity index (χ1n) is 8.92. The van der Waals surface area contributed by atoms with Crippen molar-refractivity contribution in [2.75, 3.05) is 26.8 Å². The van der Waals surface area contributed by atoms with E-state index in [0.717, 1.165) is 11.4 Å². The number of amides is 1. The number of hydrogen-bond acceptors (Lipinski definition) is 8. The molecule has 0 saturated heterocycles. The molecule has 0 unspecified atom stereocenters. The first-order valence-corrected chi connectivity index (χ1v) is 8.92. The summed E-state index contributed by atoms with van der Waals surface area (Å²) in [5.74, 6) is 1.40. The van der Waals surface area contributed by atoms with Crippen molar-refractivity contribution in [3.05, 3.63) is 53.9 Å². The Morgan fingerprint density at radius 3 is 2.97 bits per heavy atom. The summed E-state index contributed by atoms with van der Waals surface area (Å²) in [6, 6.07) is 7.01. The number of primary amides is 1. The predicted octanol–water partition coefficient (Wildman–Crippen LogP) is 1.66. The molecule has 4 rings (SSSR count). The number of nitrogens with two attached hydrogens (primary N) is 1. The number of aliphatic imine (C=N–C) groups is 2. The zero-order chi connectivity index (χ0) is 20.4. The normalized spacial score (nSPS) is 15.2. The third kappa shape index (κ3) is 3.49. The lowest BCUT2D eigenvalue weighted by atomic mass is 10.1. The number of aliphatic hydroxyl groups excluding tert-OH is 1. The monoisotopic (exact) mass is 393 g/mol. The molecule has 1 aromatic heterocycles. The van der Waals surface area contributed by atoms with Gasteiger partial charge in [-0.1, -0.05) is 0 Å². The number of rotatable bonds is 6. The molecule has 0 atom stereocenters. The van der Waals surface area contributed by atoms with Crippen LogP contribution >= 0.6 is 0 Å². The van der Waals surface area contributed by atoms with Crippen molar-refractivity contribution in [3.63, 3.8) is 0 Å². The largest absolute Gasteiger partial charge is 0.507 e. The van der Waals surface area contributed by atoms with Crippen LogP contribution in [0, 0.1) is 0 Å². The van der Waals surface area contributed by atoms with E-state index in [1.54, 1.807) is 36.7 Å². The van der Waals surface area contributed by atoms with Gasteiger partial charge in [-0.3, -0.25) is 14.8 Å². The highest BCUT2D eigenvalue weighted by Gasteiger charge is 2.31. The molecule has 0 bridgehead atoms. The molecule has 3 heterocycles. The minimum atomic E-state index is -0.593. The number of nitrogens with zero attached hydrogens (tertiary/aromatic N) is 4. The van der Waals surface area contributed by atoms with Crippen molar-refractivity contribution in [2.45, 2.75) is 0 Å². The first kappa shape index (κ1) is 18.5. The van der Waals surface area contributed by atoms with Crippen LogP contribution in [0.2, 0.25) is 0 Å². The van der Waals surface area contributed by atoms with Gasteiger partial charge in [0.15, 0.2) is 18.1 Å². The Balaban J connectivity index is 1.80. The molecule has 1 amide bonds. The fraction of sp³-hybridized carbons (Fsp3) is 0.200. The lowest BCUT2D eigenvalue weighted by molar-refractivity contribution is -0.119. The highest BCUT2D eigenvalue weighted by atomic mass is 16.5. The smallest absolute Gasteiger partial charge is 0.255 e. The first-order chi connectivity index (χ1) is 14.1. The fourth-order valence-corrected chi connectivity index (χ4v) is 3.21. The minimum Gasteiger partial charge on any atom is -0.507 e. The summed E-state index contributed by atoms with van der Waals surface area (Å²) in [7, 11) is 1.49. The Labute approximate surface area is 166 Å². The second-order valence-electron chi connectivity index (χ2n) is 6.35. The maximum atomic E-state index is 11.1. The summed E-state index contributed by atoms with van der Waals surface area (Å²) in [5.41, 5.74) is 7.04. The number of amidine groups is 2. The van der Waals surface area contributed by atoms with Crippen LogP contribution < -0.4 is 15.2 Å². The van der Waals surface area contributed by atoms with E-state index in [1.165, 1.54) is 7.11 Å². The number of methoxy groups -OCH3 is 1. The van der Waals surface area contributed by atoms with Gasteiger partial charge in [0.2, 0.25) is 0 Å². The Hall–Kier alpha value is -3.88. The molecule has 29 heavy (non-hydrogen) atoms. The molecule has 2 aliphatic rings. The van der Waals surface area contributed by atoms with E-state index in [2.05, 4.69) is 9.98 Å². The third-order valence-electron chi connectivity index (χ3n) is 4.48. The maximum absolute atomic E-state index is 11.1. The van der Waals surface area contributed by atoms with E-state index < -0.39 is 5.91 Å². The Bertz CT molecular complexity index is 1050. The second-order valence-corrected chi connectivity index (χ2v) is 6.35. The summed E-state index contributed by atoms with van der Waals surface area (Å²) in [6.07, 6.45) is 4.77. The van der Waals surface area contributed by atoms with Gasteiger partial charge in [-0.15, -0.1) is 0 Å². The van der Waals surface area contributed by atoms with Crippen molar-refractivity contribution in [1.29, 1.82) is 0 Å². The van der Waals surface area contributed by atoms with Crippen LogP contribution in [0.1, 0.15) is 11.1 Å². The summed E-state index contributed by atoms with van der Waals surface area (Å²) in [5, 5.41) is 10.5. The second kappa shape index (κ2) is 7.63. The van der Waals surface area contributed by atoms with Crippen LogP contribution in [0.25, 0.3) is 5.76 Å². The molecule has 0 fully saturated rings. The van der Waals surface area contributed by atoms with Crippen molar-refractivity contribution in [3.8, 4) is 11.5 Å². The molecule has 9 heteroatoms. The number of aliphatic hydroxyl groups is 1. The van der Waals surface area contributed by atoms with Crippen molar-refractivity contribution in [2.24, 2.45) is 15.7 Å². The highest BCUT2D eigenvalue weighted by Crippen LogP contribution is 2.43. The van der Waals surface area contributed by atoms with Gasteiger partial charge in [0.25, 0.3) is 5.91 Å². The molecule has 2 aliphatic heterocycles. The Morgan fingerprint density at radius 1 is 1.38 bits per heavy atom. The van der Waals surface area contributed by atoms with Crippen LogP contribution in [0.5, 0.6) is 11.5 Å². The van der Waals surface area contributed by atoms with E-state index in [1.807, 2.05) is 11.0 Å². The van der Waals surface area contributed by atoms with Crippen LogP contribution in [0.3, 0.4) is 0 Å². The van der Waals surface area contributed by atoms with Gasteiger partial charge < -0.3 is 25.2 Å². The Kier molecular flexibility index (Phi) is 4.86. The van der Waals surface area contributed by atoms with Crippen molar-refractivity contribution >= 4 is 29.0 Å². The molecule has 0 spiro atoms. The SMILES string of the molecule is COc1c(OCC(N)=O)ccc2c1N=C(/C=C(\O)c1cccnc1)N1CCN=C21. The van der Waals surface area contributed by atoms with E-state index in [4.69, 9.17) is 20.2 Å². The fourth-order valence-electron chi connectivity index (χ4n) is 3.21. The molecule has 2 aromatic rings. The molecule has 3 N–H and O–H groups in total. The van der Waals surface area contributed by atoms with Gasteiger partial charge in [-0.05, 0) is 24.3 Å². The van der Waals surface area contributed by atoms with Gasteiger partial charge in [-0.25, -0.2) is 4.99 Å². The number of benzene rings is 1. The van der Waals surface area contributed by atoms with Crippen LogP contribution in [0.4, 0.5) is 5.69 Å². The molecule has 0 saturated carbocycles. The average Bonchev–Trinajstić information content (AvgIpc) is 3.23. The zero-order valence-corrected chi connectivity index (χ0v) is 15.7. The van der Waals surface area contributed by atoms with Crippen molar-refractivity contribution in [1.82, 2.24) is 9.88 Å². The van der Waals surface area contributed by atoms with Gasteiger partial charge in [-0.2, -0.15) is 0 Å². The standard InChI is InChI=1S/C20H19N5O4/c1-28-19-15(29-11-16(21)27)5-4-13-18(19)24-17(25-8-7-23-20(13)25)9-14(26)12-3-2-6-22-10-12/h2-6,9-10,26H,7-8,11H2,1H3,(H2,21,27)/b14-9-. The minimum absolute atomic E-state index is 0.0339. The lowest BCUT2D eigenvalue weighted by Crippen LogP contribution is -2.36. The number of aromatic nitrogens is 1. The summed E-state index contributed by atoms with van der Waals surface area (Å²) >= 11 is 0. The van der Waals surface area contributed by atoms with E-state index in [-0.39, 0.29) is 12.4 Å². The third-order valence-corrected chi connectivity index (χ3v) is 4.48. The van der Waals surface area contributed by atoms with Crippen LogP contribution in [0.15, 0.2) is 52.7 Å². The number of pyridine rings is 1. The van der Waals surface area contributed by atoms with E-state index in [9.17, 15) is 9.90 Å². The molecule has 0 aliphatic carbocycles. The number of carbonyl (C=O) groups excluding carboxylic acids is 1. The van der Waals surface area contributed by atoms with Gasteiger partial charge >= 0.3 is 0 Å². The molecular weight excluding hydrogens is 374 g/mol. The van der Waals surface area contributed by atoms with Gasteiger partial charge in [0.05, 0.1) is 13.7 Å². The number of hydrogen-bond donors (Lipinski definition) is 2. The summed E-state index contributed by atoms with van der Waals surface area (Å²) < 4.78 is 11.0. The molecule has 9 nitrogen and oxygen atoms in total. The molecule has 0 radical (unpaired) electrons. The molecule has 148 valence electrons. The van der Waals surface area contributed by atoms with E-state index >= 15 is 0 Å². The Morgan fingerprint density at radius 2 is 2.24 bits per heavy atom. The highest BCUT2D eigenvalue weighted by molar-refractivity contribution is 6.20. The quantitative estimate of drug-likeness (QED) is 0.720. The summed E-state index contributed by atoms with van der Waals surface area (Å²) in [6.45, 7) is 0.977. The maximum Gasteiger partial charge on any atom is 0.255 e. The number of fused-ring (bicyclic) bond motifs is 3. The topological polar surface area (TPSA) is 123 Å². The summed E-state index contributed by atoms with van der Waals surface area (Å²) in [4.78, 5) is 26.3. The zero-order valence-electron chi connectivity index (χ0n) is 15.7. The van der Waals surface area contributed by atoms with Crippen molar-refractivity contribution < 1.29 is 19.4 Å². The van der Waals surface area contributed by atoms with Gasteiger partial charge in [0, 0.05) is 36.1 Å². The molecule has 1 aromatic carbocycles.